The highest BCUT2D eigenvalue weighted by atomic mass is 19.1. The summed E-state index contributed by atoms with van der Waals surface area (Å²) < 4.78 is 25.1. The first kappa shape index (κ1) is 28.2. The van der Waals surface area contributed by atoms with Crippen LogP contribution in [-0.2, 0) is 11.8 Å². The number of piperidine rings is 1. The minimum absolute atomic E-state index is 0.0594. The lowest BCUT2D eigenvalue weighted by Crippen LogP contribution is -2.47. The summed E-state index contributed by atoms with van der Waals surface area (Å²) in [5.74, 6) is -0.589. The Morgan fingerprint density at radius 1 is 1.14 bits per heavy atom. The number of ether oxygens (including phenoxy) is 1. The van der Waals surface area contributed by atoms with Gasteiger partial charge >= 0.3 is 0 Å². The monoisotopic (exact) mass is 572 g/mol. The number of aliphatic hydroxyl groups excluding tert-OH is 1. The summed E-state index contributed by atoms with van der Waals surface area (Å²) in [6.45, 7) is 6.25. The van der Waals surface area contributed by atoms with E-state index >= 15 is 4.39 Å². The predicted molar refractivity (Wildman–Crippen MR) is 156 cm³/mol. The Morgan fingerprint density at radius 3 is 2.62 bits per heavy atom. The highest BCUT2D eigenvalue weighted by Gasteiger charge is 2.46. The zero-order valence-electron chi connectivity index (χ0n) is 24.4. The van der Waals surface area contributed by atoms with Crippen LogP contribution in [0.4, 0.5) is 4.39 Å². The van der Waals surface area contributed by atoms with E-state index in [0.29, 0.717) is 23.3 Å². The van der Waals surface area contributed by atoms with Gasteiger partial charge in [-0.15, -0.1) is 5.10 Å². The molecule has 1 aliphatic carbocycles. The molecule has 1 unspecified atom stereocenters. The molecule has 6 rings (SSSR count). The SMILES string of the molecule is CCOC(O)c1cnn(-c2cccc(-c3cccc(C(=O)N4[C@H](C)CCC[C@@H]4C)c3F)c2)c1[C@H]1C[C@@H]1c1cn(C)nn1. The Morgan fingerprint density at radius 2 is 1.90 bits per heavy atom. The van der Waals surface area contributed by atoms with Crippen molar-refractivity contribution in [2.45, 2.75) is 76.7 Å². The second-order valence-corrected chi connectivity index (χ2v) is 11.5. The third-order valence-electron chi connectivity index (χ3n) is 8.63. The van der Waals surface area contributed by atoms with E-state index in [1.807, 2.05) is 63.2 Å². The van der Waals surface area contributed by atoms with Gasteiger partial charge in [-0.1, -0.05) is 29.5 Å². The average molecular weight is 573 g/mol. The molecular weight excluding hydrogens is 535 g/mol. The molecule has 3 heterocycles. The van der Waals surface area contributed by atoms with Gasteiger partial charge in [0.15, 0.2) is 6.29 Å². The van der Waals surface area contributed by atoms with Crippen molar-refractivity contribution in [3.63, 3.8) is 0 Å². The number of likely N-dealkylation sites (tertiary alicyclic amines) is 1. The maximum Gasteiger partial charge on any atom is 0.257 e. The largest absolute Gasteiger partial charge is 0.364 e. The van der Waals surface area contributed by atoms with Crippen molar-refractivity contribution in [1.82, 2.24) is 29.7 Å². The molecule has 1 N–H and O–H groups in total. The van der Waals surface area contributed by atoms with Crippen molar-refractivity contribution in [2.75, 3.05) is 6.61 Å². The first-order chi connectivity index (χ1) is 20.3. The molecule has 1 aliphatic heterocycles. The quantitative estimate of drug-likeness (QED) is 0.280. The molecule has 9 nitrogen and oxygen atoms in total. The minimum atomic E-state index is -1.12. The number of carbonyl (C=O) groups is 1. The number of rotatable bonds is 8. The zero-order valence-corrected chi connectivity index (χ0v) is 24.4. The van der Waals surface area contributed by atoms with Crippen LogP contribution in [0.3, 0.4) is 0 Å². The van der Waals surface area contributed by atoms with Crippen molar-refractivity contribution >= 4 is 5.91 Å². The fourth-order valence-corrected chi connectivity index (χ4v) is 6.43. The van der Waals surface area contributed by atoms with Crippen LogP contribution in [0.15, 0.2) is 54.9 Å². The second kappa shape index (κ2) is 11.4. The fraction of sp³-hybridized carbons (Fsp3) is 0.438. The van der Waals surface area contributed by atoms with Gasteiger partial charge in [-0.05, 0) is 70.2 Å². The summed E-state index contributed by atoms with van der Waals surface area (Å²) in [6, 6.07) is 12.6. The van der Waals surface area contributed by atoms with Crippen LogP contribution in [0.25, 0.3) is 16.8 Å². The number of hydrogen-bond acceptors (Lipinski definition) is 6. The summed E-state index contributed by atoms with van der Waals surface area (Å²) in [4.78, 5) is 15.4. The Balaban J connectivity index is 1.36. The number of hydrogen-bond donors (Lipinski definition) is 1. The number of aliphatic hydroxyl groups is 1. The van der Waals surface area contributed by atoms with Crippen LogP contribution in [0.5, 0.6) is 0 Å². The molecule has 2 fully saturated rings. The molecule has 2 aliphatic rings. The molecular formula is C32H37FN6O3. The van der Waals surface area contributed by atoms with Gasteiger partial charge in [-0.3, -0.25) is 9.48 Å². The van der Waals surface area contributed by atoms with E-state index in [-0.39, 0.29) is 35.4 Å². The molecule has 2 aromatic carbocycles. The summed E-state index contributed by atoms with van der Waals surface area (Å²) in [5.41, 5.74) is 4.12. The molecule has 4 aromatic rings. The van der Waals surface area contributed by atoms with E-state index in [1.54, 1.807) is 33.8 Å². The standard InChI is InChI=1S/C32H37FN6O3/c1-5-42-32(41)27-17-34-39(30(27)26-16-25(26)28-18-37(4)36-35-28)22-12-7-11-21(15-22)23-13-8-14-24(29(23)33)31(40)38-19(2)9-6-10-20(38)3/h7-8,11-15,17-20,25-26,32,41H,5-6,9-10,16H2,1-4H3/t19-,20+,25-,26-,32?/m0/s1. The highest BCUT2D eigenvalue weighted by Crippen LogP contribution is 2.55. The second-order valence-electron chi connectivity index (χ2n) is 11.5. The van der Waals surface area contributed by atoms with Crippen LogP contribution < -0.4 is 0 Å². The number of halogens is 1. The van der Waals surface area contributed by atoms with Crippen LogP contribution in [-0.4, -0.2) is 59.4 Å². The lowest BCUT2D eigenvalue weighted by Gasteiger charge is -2.39. The first-order valence-corrected chi connectivity index (χ1v) is 14.7. The van der Waals surface area contributed by atoms with E-state index in [9.17, 15) is 9.90 Å². The van der Waals surface area contributed by atoms with Gasteiger partial charge in [0.05, 0.1) is 28.8 Å². The lowest BCUT2D eigenvalue weighted by molar-refractivity contribution is -0.0985. The molecule has 1 saturated carbocycles. The molecule has 220 valence electrons. The highest BCUT2D eigenvalue weighted by molar-refractivity contribution is 5.96. The van der Waals surface area contributed by atoms with E-state index in [0.717, 1.165) is 42.8 Å². The van der Waals surface area contributed by atoms with Crippen molar-refractivity contribution in [2.24, 2.45) is 7.05 Å². The number of nitrogens with zero attached hydrogens (tertiary/aromatic N) is 6. The van der Waals surface area contributed by atoms with Crippen molar-refractivity contribution < 1.29 is 19.0 Å². The summed E-state index contributed by atoms with van der Waals surface area (Å²) in [7, 11) is 1.84. The normalized spacial score (nSPS) is 22.8. The van der Waals surface area contributed by atoms with Gasteiger partial charge in [0, 0.05) is 54.9 Å². The molecule has 1 amide bonds. The van der Waals surface area contributed by atoms with Crippen molar-refractivity contribution in [1.29, 1.82) is 0 Å². The summed E-state index contributed by atoms with van der Waals surface area (Å²) >= 11 is 0. The number of benzene rings is 2. The van der Waals surface area contributed by atoms with Crippen LogP contribution in [0.2, 0.25) is 0 Å². The summed E-state index contributed by atoms with van der Waals surface area (Å²) in [6.07, 6.45) is 6.17. The Labute approximate surface area is 244 Å². The third-order valence-corrected chi connectivity index (χ3v) is 8.63. The molecule has 0 spiro atoms. The van der Waals surface area contributed by atoms with Gasteiger partial charge < -0.3 is 14.7 Å². The number of carbonyl (C=O) groups excluding carboxylic acids is 1. The van der Waals surface area contributed by atoms with Crippen LogP contribution in [0, 0.1) is 5.82 Å². The summed E-state index contributed by atoms with van der Waals surface area (Å²) in [5, 5.41) is 23.8. The Kier molecular flexibility index (Phi) is 7.67. The molecule has 10 heteroatoms. The molecule has 1 saturated heterocycles. The van der Waals surface area contributed by atoms with E-state index in [1.165, 1.54) is 0 Å². The molecule has 5 atom stereocenters. The van der Waals surface area contributed by atoms with Gasteiger partial charge in [0.25, 0.3) is 5.91 Å². The van der Waals surface area contributed by atoms with Gasteiger partial charge in [0.2, 0.25) is 0 Å². The van der Waals surface area contributed by atoms with Gasteiger partial charge in [-0.2, -0.15) is 5.10 Å². The van der Waals surface area contributed by atoms with Crippen LogP contribution in [0.1, 0.15) is 91.9 Å². The van der Waals surface area contributed by atoms with Gasteiger partial charge in [0.1, 0.15) is 5.82 Å². The van der Waals surface area contributed by atoms with E-state index in [4.69, 9.17) is 4.74 Å². The third kappa shape index (κ3) is 5.13. The average Bonchev–Trinajstić information content (AvgIpc) is 3.42. The lowest BCUT2D eigenvalue weighted by atomic mass is 9.95. The molecule has 0 radical (unpaired) electrons. The molecule has 2 aromatic heterocycles. The van der Waals surface area contributed by atoms with Gasteiger partial charge in [-0.25, -0.2) is 9.07 Å². The molecule has 0 bridgehead atoms. The fourth-order valence-electron chi connectivity index (χ4n) is 6.43. The van der Waals surface area contributed by atoms with E-state index in [2.05, 4.69) is 15.4 Å². The topological polar surface area (TPSA) is 98.3 Å². The predicted octanol–water partition coefficient (Wildman–Crippen LogP) is 5.51. The minimum Gasteiger partial charge on any atom is -0.364 e. The number of aryl methyl sites for hydroxylation is 1. The zero-order chi connectivity index (χ0) is 29.5. The van der Waals surface area contributed by atoms with Crippen molar-refractivity contribution in [3.8, 4) is 16.8 Å². The van der Waals surface area contributed by atoms with Crippen LogP contribution >= 0.6 is 0 Å². The first-order valence-electron chi connectivity index (χ1n) is 14.7. The maximum atomic E-state index is 16.1. The number of aromatic nitrogens is 5. The Hall–Kier alpha value is -3.89. The van der Waals surface area contributed by atoms with E-state index < -0.39 is 12.1 Å². The smallest absolute Gasteiger partial charge is 0.257 e. The number of amides is 1. The molecule has 42 heavy (non-hydrogen) atoms. The maximum absolute atomic E-state index is 16.1. The Bertz CT molecular complexity index is 1590. The van der Waals surface area contributed by atoms with Crippen molar-refractivity contribution in [3.05, 3.63) is 83.2 Å².